The Morgan fingerprint density at radius 3 is 2.81 bits per heavy atom. The second-order valence-electron chi connectivity index (χ2n) is 3.46. The number of rotatable bonds is 2. The normalized spacial score (nSPS) is 12.8. The summed E-state index contributed by atoms with van der Waals surface area (Å²) in [6.07, 6.45) is 2.22. The first kappa shape index (κ1) is 11.3. The quantitative estimate of drug-likeness (QED) is 0.920. The van der Waals surface area contributed by atoms with Gasteiger partial charge in [-0.05, 0) is 12.1 Å². The van der Waals surface area contributed by atoms with E-state index in [1.54, 1.807) is 36.1 Å². The summed E-state index contributed by atoms with van der Waals surface area (Å²) in [4.78, 5) is 3.99. The van der Waals surface area contributed by atoms with E-state index in [4.69, 9.17) is 0 Å². The smallest absolute Gasteiger partial charge is 0.142 e. The maximum Gasteiger partial charge on any atom is 0.142 e. The van der Waals surface area contributed by atoms with Crippen molar-refractivity contribution in [3.05, 3.63) is 52.3 Å². The van der Waals surface area contributed by atoms with Gasteiger partial charge in [-0.2, -0.15) is 0 Å². The van der Waals surface area contributed by atoms with Gasteiger partial charge in [-0.3, -0.25) is 0 Å². The summed E-state index contributed by atoms with van der Waals surface area (Å²) in [7, 11) is 1.75. The zero-order valence-electron chi connectivity index (χ0n) is 8.56. The molecule has 1 heterocycles. The molecule has 0 aliphatic carbocycles. The van der Waals surface area contributed by atoms with E-state index in [0.29, 0.717) is 10.3 Å². The number of nitrogens with zero attached hydrogens (tertiary/aromatic N) is 2. The van der Waals surface area contributed by atoms with E-state index in [1.807, 2.05) is 0 Å². The molecular weight excluding hydrogens is 275 g/mol. The maximum absolute atomic E-state index is 13.6. The van der Waals surface area contributed by atoms with Gasteiger partial charge in [-0.1, -0.05) is 22.0 Å². The van der Waals surface area contributed by atoms with Crippen LogP contribution in [0.1, 0.15) is 17.5 Å². The monoisotopic (exact) mass is 284 g/mol. The van der Waals surface area contributed by atoms with Crippen LogP contribution in [0.5, 0.6) is 0 Å². The van der Waals surface area contributed by atoms with E-state index in [-0.39, 0.29) is 5.56 Å². The highest BCUT2D eigenvalue weighted by atomic mass is 79.9. The lowest BCUT2D eigenvalue weighted by atomic mass is 10.1. The Bertz CT molecular complexity index is 512. The molecule has 0 fully saturated rings. The zero-order chi connectivity index (χ0) is 11.7. The predicted octanol–water partition coefficient (Wildman–Crippen LogP) is 2.40. The van der Waals surface area contributed by atoms with Crippen LogP contribution in [0.2, 0.25) is 0 Å². The number of aromatic nitrogens is 2. The first-order valence-electron chi connectivity index (χ1n) is 4.70. The van der Waals surface area contributed by atoms with Gasteiger partial charge in [0.2, 0.25) is 0 Å². The molecule has 1 aromatic heterocycles. The van der Waals surface area contributed by atoms with Gasteiger partial charge < -0.3 is 9.67 Å². The number of hydrogen-bond acceptors (Lipinski definition) is 2. The summed E-state index contributed by atoms with van der Waals surface area (Å²) in [6, 6.07) is 4.55. The number of imidazole rings is 1. The molecule has 5 heteroatoms. The number of aliphatic hydroxyl groups excluding tert-OH is 1. The highest BCUT2D eigenvalue weighted by Gasteiger charge is 2.18. The Morgan fingerprint density at radius 1 is 1.50 bits per heavy atom. The van der Waals surface area contributed by atoms with Crippen LogP contribution >= 0.6 is 15.9 Å². The van der Waals surface area contributed by atoms with Crippen molar-refractivity contribution in [2.45, 2.75) is 6.10 Å². The van der Waals surface area contributed by atoms with Crippen LogP contribution in [-0.2, 0) is 7.05 Å². The first-order valence-corrected chi connectivity index (χ1v) is 5.49. The van der Waals surface area contributed by atoms with E-state index in [1.165, 1.54) is 6.07 Å². The summed E-state index contributed by atoms with van der Waals surface area (Å²) < 4.78 is 15.9. The lowest BCUT2D eigenvalue weighted by Crippen LogP contribution is -2.08. The van der Waals surface area contributed by atoms with Gasteiger partial charge in [-0.15, -0.1) is 0 Å². The molecule has 1 unspecified atom stereocenters. The van der Waals surface area contributed by atoms with Crippen LogP contribution in [0.3, 0.4) is 0 Å². The van der Waals surface area contributed by atoms with E-state index in [0.717, 1.165) is 0 Å². The van der Waals surface area contributed by atoms with Gasteiger partial charge in [0, 0.05) is 29.5 Å². The lowest BCUT2D eigenvalue weighted by Gasteiger charge is -2.11. The molecule has 0 saturated carbocycles. The van der Waals surface area contributed by atoms with Crippen molar-refractivity contribution >= 4 is 15.9 Å². The zero-order valence-corrected chi connectivity index (χ0v) is 10.1. The second-order valence-corrected chi connectivity index (χ2v) is 4.38. The van der Waals surface area contributed by atoms with Gasteiger partial charge in [0.05, 0.1) is 0 Å². The SMILES string of the molecule is Cn1ccnc1C(O)c1ccc(Br)cc1F. The molecule has 0 amide bonds. The Balaban J connectivity index is 2.41. The number of hydrogen-bond donors (Lipinski definition) is 1. The predicted molar refractivity (Wildman–Crippen MR) is 61.4 cm³/mol. The van der Waals surface area contributed by atoms with Gasteiger partial charge in [0.15, 0.2) is 0 Å². The molecule has 0 bridgehead atoms. The van der Waals surface area contributed by atoms with Crippen molar-refractivity contribution < 1.29 is 9.50 Å². The minimum Gasteiger partial charge on any atom is -0.380 e. The molecule has 0 aliphatic heterocycles. The number of benzene rings is 1. The fourth-order valence-corrected chi connectivity index (χ4v) is 1.84. The molecule has 16 heavy (non-hydrogen) atoms. The molecule has 2 rings (SSSR count). The third-order valence-electron chi connectivity index (χ3n) is 2.36. The average Bonchev–Trinajstić information content (AvgIpc) is 2.63. The minimum atomic E-state index is -1.05. The Hall–Kier alpha value is -1.20. The third kappa shape index (κ3) is 2.01. The van der Waals surface area contributed by atoms with Crippen molar-refractivity contribution in [1.29, 1.82) is 0 Å². The fourth-order valence-electron chi connectivity index (χ4n) is 1.50. The number of aryl methyl sites for hydroxylation is 1. The topological polar surface area (TPSA) is 38.0 Å². The number of aliphatic hydroxyl groups is 1. The Kier molecular flexibility index (Phi) is 3.07. The molecule has 0 spiro atoms. The maximum atomic E-state index is 13.6. The second kappa shape index (κ2) is 4.35. The van der Waals surface area contributed by atoms with Crippen molar-refractivity contribution in [1.82, 2.24) is 9.55 Å². The van der Waals surface area contributed by atoms with Crippen molar-refractivity contribution in [3.8, 4) is 0 Å². The fraction of sp³-hybridized carbons (Fsp3) is 0.182. The first-order chi connectivity index (χ1) is 7.59. The van der Waals surface area contributed by atoms with Crippen molar-refractivity contribution in [2.24, 2.45) is 7.05 Å². The van der Waals surface area contributed by atoms with Crippen LogP contribution in [0.25, 0.3) is 0 Å². The molecule has 1 N–H and O–H groups in total. The molecule has 1 aromatic carbocycles. The lowest BCUT2D eigenvalue weighted by molar-refractivity contribution is 0.201. The highest BCUT2D eigenvalue weighted by molar-refractivity contribution is 9.10. The third-order valence-corrected chi connectivity index (χ3v) is 2.85. The molecular formula is C11H10BrFN2O. The van der Waals surface area contributed by atoms with E-state index in [9.17, 15) is 9.50 Å². The van der Waals surface area contributed by atoms with Crippen LogP contribution < -0.4 is 0 Å². The standard InChI is InChI=1S/C11H10BrFN2O/c1-15-5-4-14-11(15)10(16)8-3-2-7(12)6-9(8)13/h2-6,10,16H,1H3. The highest BCUT2D eigenvalue weighted by Crippen LogP contribution is 2.25. The van der Waals surface area contributed by atoms with Crippen LogP contribution in [0, 0.1) is 5.82 Å². The average molecular weight is 285 g/mol. The van der Waals surface area contributed by atoms with Crippen LogP contribution in [0.4, 0.5) is 4.39 Å². The summed E-state index contributed by atoms with van der Waals surface area (Å²) >= 11 is 3.17. The van der Waals surface area contributed by atoms with Crippen molar-refractivity contribution in [3.63, 3.8) is 0 Å². The molecule has 1 atom stereocenters. The largest absolute Gasteiger partial charge is 0.380 e. The molecule has 0 saturated heterocycles. The summed E-state index contributed by atoms with van der Waals surface area (Å²) in [5, 5.41) is 9.99. The molecule has 2 aromatic rings. The molecule has 3 nitrogen and oxygen atoms in total. The Labute approximate surface area is 101 Å². The van der Waals surface area contributed by atoms with Gasteiger partial charge in [-0.25, -0.2) is 9.37 Å². The summed E-state index contributed by atoms with van der Waals surface area (Å²) in [5.74, 6) is -0.0360. The number of halogens is 2. The van der Waals surface area contributed by atoms with Crippen LogP contribution in [-0.4, -0.2) is 14.7 Å². The van der Waals surface area contributed by atoms with Gasteiger partial charge >= 0.3 is 0 Å². The summed E-state index contributed by atoms with van der Waals surface area (Å²) in [5.41, 5.74) is 0.220. The van der Waals surface area contributed by atoms with Gasteiger partial charge in [0.1, 0.15) is 17.7 Å². The van der Waals surface area contributed by atoms with Crippen molar-refractivity contribution in [2.75, 3.05) is 0 Å². The molecule has 0 radical (unpaired) electrons. The van der Waals surface area contributed by atoms with Gasteiger partial charge in [0.25, 0.3) is 0 Å². The summed E-state index contributed by atoms with van der Waals surface area (Å²) in [6.45, 7) is 0. The molecule has 84 valence electrons. The molecule has 0 aliphatic rings. The minimum absolute atomic E-state index is 0.220. The Morgan fingerprint density at radius 2 is 2.25 bits per heavy atom. The van der Waals surface area contributed by atoms with Crippen LogP contribution in [0.15, 0.2) is 35.1 Å². The van der Waals surface area contributed by atoms with E-state index < -0.39 is 11.9 Å². The van der Waals surface area contributed by atoms with E-state index in [2.05, 4.69) is 20.9 Å². The van der Waals surface area contributed by atoms with E-state index >= 15 is 0 Å².